The van der Waals surface area contributed by atoms with Gasteiger partial charge in [0.25, 0.3) is 0 Å². The standard InChI is InChI=1S/C15H13ClFN2/c16-12-5-3-6-13(17)15(12)11-4-1-2-7-14(11)19-9-8-18-10-19/h3,5-6,8-10,14H,1-2,7H2. The average molecular weight is 276 g/mol. The monoisotopic (exact) mass is 275 g/mol. The van der Waals surface area contributed by atoms with Crippen molar-refractivity contribution in [2.45, 2.75) is 25.3 Å². The van der Waals surface area contributed by atoms with Crippen LogP contribution in [0.3, 0.4) is 0 Å². The Labute approximate surface area is 116 Å². The van der Waals surface area contributed by atoms with Gasteiger partial charge in [0.05, 0.1) is 17.4 Å². The Morgan fingerprint density at radius 2 is 2.32 bits per heavy atom. The molecule has 0 N–H and O–H groups in total. The molecular weight excluding hydrogens is 263 g/mol. The molecule has 1 aliphatic rings. The van der Waals surface area contributed by atoms with Crippen LogP contribution in [0.4, 0.5) is 4.39 Å². The normalized spacial score (nSPS) is 19.3. The number of imidazole rings is 1. The van der Waals surface area contributed by atoms with Crippen molar-refractivity contribution in [3.05, 3.63) is 59.4 Å². The summed E-state index contributed by atoms with van der Waals surface area (Å²) in [6, 6.07) is 4.84. The first-order valence-corrected chi connectivity index (χ1v) is 6.67. The van der Waals surface area contributed by atoms with Crippen LogP contribution in [0.25, 0.3) is 5.57 Å². The first-order valence-electron chi connectivity index (χ1n) is 6.30. The minimum Gasteiger partial charge on any atom is -0.330 e. The van der Waals surface area contributed by atoms with Crippen LogP contribution in [-0.2, 0) is 0 Å². The lowest BCUT2D eigenvalue weighted by Crippen LogP contribution is -2.14. The molecule has 0 aliphatic heterocycles. The molecule has 4 heteroatoms. The highest BCUT2D eigenvalue weighted by molar-refractivity contribution is 6.32. The molecule has 2 aromatic rings. The van der Waals surface area contributed by atoms with E-state index in [1.165, 1.54) is 6.07 Å². The maximum absolute atomic E-state index is 14.1. The van der Waals surface area contributed by atoms with Crippen LogP contribution in [0.5, 0.6) is 0 Å². The van der Waals surface area contributed by atoms with Crippen LogP contribution in [0.15, 0.2) is 36.9 Å². The van der Waals surface area contributed by atoms with Crippen LogP contribution in [-0.4, -0.2) is 9.55 Å². The molecule has 0 saturated heterocycles. The Morgan fingerprint density at radius 1 is 1.42 bits per heavy atom. The molecule has 1 aromatic carbocycles. The zero-order valence-corrected chi connectivity index (χ0v) is 11.1. The van der Waals surface area contributed by atoms with Crippen LogP contribution in [0.1, 0.15) is 30.9 Å². The van der Waals surface area contributed by atoms with Gasteiger partial charge in [-0.1, -0.05) is 17.7 Å². The minimum absolute atomic E-state index is 0.0608. The van der Waals surface area contributed by atoms with Gasteiger partial charge in [0.15, 0.2) is 0 Å². The molecule has 0 saturated carbocycles. The molecule has 1 aliphatic carbocycles. The van der Waals surface area contributed by atoms with Crippen molar-refractivity contribution in [1.82, 2.24) is 9.55 Å². The van der Waals surface area contributed by atoms with Crippen molar-refractivity contribution >= 4 is 17.2 Å². The third-order valence-electron chi connectivity index (χ3n) is 3.42. The largest absolute Gasteiger partial charge is 0.330 e. The van der Waals surface area contributed by atoms with E-state index in [4.69, 9.17) is 11.6 Å². The van der Waals surface area contributed by atoms with Crippen molar-refractivity contribution in [2.24, 2.45) is 0 Å². The lowest BCUT2D eigenvalue weighted by Gasteiger charge is -2.26. The van der Waals surface area contributed by atoms with E-state index in [0.29, 0.717) is 10.6 Å². The van der Waals surface area contributed by atoms with Crippen LogP contribution in [0.2, 0.25) is 5.02 Å². The van der Waals surface area contributed by atoms with Crippen molar-refractivity contribution < 1.29 is 4.39 Å². The maximum Gasteiger partial charge on any atom is 0.132 e. The number of nitrogens with zero attached hydrogens (tertiary/aromatic N) is 2. The van der Waals surface area contributed by atoms with E-state index in [2.05, 4.69) is 11.1 Å². The second-order valence-electron chi connectivity index (χ2n) is 4.61. The number of allylic oxidation sites excluding steroid dienone is 2. The van der Waals surface area contributed by atoms with Crippen LogP contribution in [0, 0.1) is 11.9 Å². The number of aromatic nitrogens is 2. The third-order valence-corrected chi connectivity index (χ3v) is 3.73. The van der Waals surface area contributed by atoms with Gasteiger partial charge in [0, 0.05) is 18.0 Å². The van der Waals surface area contributed by atoms with Gasteiger partial charge in [0.1, 0.15) is 5.82 Å². The molecule has 1 unspecified atom stereocenters. The summed E-state index contributed by atoms with van der Waals surface area (Å²) in [5.74, 6) is -0.290. The van der Waals surface area contributed by atoms with Gasteiger partial charge < -0.3 is 4.57 Å². The van der Waals surface area contributed by atoms with Gasteiger partial charge in [-0.25, -0.2) is 9.37 Å². The maximum atomic E-state index is 14.1. The first kappa shape index (κ1) is 12.4. The zero-order valence-electron chi connectivity index (χ0n) is 10.3. The number of benzene rings is 1. The molecule has 1 heterocycles. The SMILES string of the molecule is Fc1cccc(Cl)c1C1=[C]CCCC1n1ccnc1. The summed E-state index contributed by atoms with van der Waals surface area (Å²) in [4.78, 5) is 4.07. The summed E-state index contributed by atoms with van der Waals surface area (Å²) >= 11 is 6.16. The highest BCUT2D eigenvalue weighted by Crippen LogP contribution is 2.39. The van der Waals surface area contributed by atoms with Gasteiger partial charge >= 0.3 is 0 Å². The fraction of sp³-hybridized carbons (Fsp3) is 0.267. The van der Waals surface area contributed by atoms with Gasteiger partial charge in [-0.2, -0.15) is 0 Å². The fourth-order valence-corrected chi connectivity index (χ4v) is 2.81. The van der Waals surface area contributed by atoms with Gasteiger partial charge in [-0.15, -0.1) is 0 Å². The molecule has 1 atom stereocenters. The average Bonchev–Trinajstić information content (AvgIpc) is 2.93. The molecule has 3 rings (SSSR count). The van der Waals surface area contributed by atoms with Crippen molar-refractivity contribution in [3.8, 4) is 0 Å². The summed E-state index contributed by atoms with van der Waals surface area (Å²) in [6.45, 7) is 0. The van der Waals surface area contributed by atoms with E-state index in [0.717, 1.165) is 24.8 Å². The topological polar surface area (TPSA) is 17.8 Å². The molecule has 1 aromatic heterocycles. The van der Waals surface area contributed by atoms with E-state index in [9.17, 15) is 4.39 Å². The minimum atomic E-state index is -0.290. The Morgan fingerprint density at radius 3 is 3.05 bits per heavy atom. The van der Waals surface area contributed by atoms with E-state index in [-0.39, 0.29) is 11.9 Å². The smallest absolute Gasteiger partial charge is 0.132 e. The molecule has 0 spiro atoms. The summed E-state index contributed by atoms with van der Waals surface area (Å²) in [6.07, 6.45) is 11.5. The molecule has 2 nitrogen and oxygen atoms in total. The molecule has 19 heavy (non-hydrogen) atoms. The van der Waals surface area contributed by atoms with E-state index in [1.54, 1.807) is 24.7 Å². The summed E-state index contributed by atoms with van der Waals surface area (Å²) in [5.41, 5.74) is 1.31. The summed E-state index contributed by atoms with van der Waals surface area (Å²) < 4.78 is 16.1. The third kappa shape index (κ3) is 2.30. The quantitative estimate of drug-likeness (QED) is 0.799. The number of hydrogen-bond acceptors (Lipinski definition) is 1. The predicted octanol–water partition coefficient (Wildman–Crippen LogP) is 4.29. The van der Waals surface area contributed by atoms with E-state index < -0.39 is 0 Å². The Kier molecular flexibility index (Phi) is 3.38. The second-order valence-corrected chi connectivity index (χ2v) is 5.01. The molecule has 0 amide bonds. The molecular formula is C15H13ClFN2. The van der Waals surface area contributed by atoms with Gasteiger partial charge in [0.2, 0.25) is 0 Å². The van der Waals surface area contributed by atoms with Crippen LogP contribution < -0.4 is 0 Å². The molecule has 97 valence electrons. The van der Waals surface area contributed by atoms with Crippen molar-refractivity contribution in [3.63, 3.8) is 0 Å². The Hall–Kier alpha value is -1.61. The lowest BCUT2D eigenvalue weighted by molar-refractivity contribution is 0.523. The Balaban J connectivity index is 2.09. The predicted molar refractivity (Wildman–Crippen MR) is 73.2 cm³/mol. The molecule has 1 radical (unpaired) electrons. The van der Waals surface area contributed by atoms with Gasteiger partial charge in [-0.3, -0.25) is 0 Å². The fourth-order valence-electron chi connectivity index (χ4n) is 2.54. The first-order chi connectivity index (χ1) is 9.27. The lowest BCUT2D eigenvalue weighted by atomic mass is 9.88. The number of halogens is 2. The van der Waals surface area contributed by atoms with E-state index >= 15 is 0 Å². The second kappa shape index (κ2) is 5.17. The Bertz CT molecular complexity index is 584. The highest BCUT2D eigenvalue weighted by Gasteiger charge is 2.24. The molecule has 0 fully saturated rings. The zero-order chi connectivity index (χ0) is 13.2. The van der Waals surface area contributed by atoms with Crippen molar-refractivity contribution in [1.29, 1.82) is 0 Å². The number of rotatable bonds is 2. The van der Waals surface area contributed by atoms with Gasteiger partial charge in [-0.05, 0) is 43.0 Å². The summed E-state index contributed by atoms with van der Waals surface area (Å²) in [7, 11) is 0. The number of hydrogen-bond donors (Lipinski definition) is 0. The van der Waals surface area contributed by atoms with E-state index in [1.807, 2.05) is 10.8 Å². The van der Waals surface area contributed by atoms with Crippen molar-refractivity contribution in [2.75, 3.05) is 0 Å². The highest BCUT2D eigenvalue weighted by atomic mass is 35.5. The van der Waals surface area contributed by atoms with Crippen LogP contribution >= 0.6 is 11.6 Å². The molecule has 0 bridgehead atoms. The summed E-state index contributed by atoms with van der Waals surface area (Å²) in [5, 5.41) is 0.439.